The first kappa shape index (κ1) is 13.1. The van der Waals surface area contributed by atoms with Crippen molar-refractivity contribution in [3.8, 4) is 17.7 Å². The Bertz CT molecular complexity index is 604. The summed E-state index contributed by atoms with van der Waals surface area (Å²) < 4.78 is 5.77. The Balaban J connectivity index is 2.30. The largest absolute Gasteiger partial charge is 0.439 e. The number of hydrogen-bond acceptors (Lipinski definition) is 4. The molecule has 96 valence electrons. The summed E-state index contributed by atoms with van der Waals surface area (Å²) in [4.78, 5) is 4.25. The predicted molar refractivity (Wildman–Crippen MR) is 72.9 cm³/mol. The molecule has 0 amide bonds. The van der Waals surface area contributed by atoms with Crippen LogP contribution in [0.5, 0.6) is 11.6 Å². The van der Waals surface area contributed by atoms with Crippen molar-refractivity contribution >= 4 is 0 Å². The summed E-state index contributed by atoms with van der Waals surface area (Å²) in [5.74, 6) is 1.17. The summed E-state index contributed by atoms with van der Waals surface area (Å²) >= 11 is 0. The lowest BCUT2D eigenvalue weighted by Gasteiger charge is -2.14. The van der Waals surface area contributed by atoms with Crippen LogP contribution in [-0.4, -0.2) is 12.0 Å². The molecule has 0 aliphatic rings. The summed E-state index contributed by atoms with van der Waals surface area (Å²) in [6.45, 7) is 2.04. The lowest BCUT2D eigenvalue weighted by molar-refractivity contribution is 0.446. The van der Waals surface area contributed by atoms with E-state index < -0.39 is 0 Å². The summed E-state index contributed by atoms with van der Waals surface area (Å²) in [5.41, 5.74) is 1.55. The Labute approximate surface area is 112 Å². The third-order valence-corrected chi connectivity index (χ3v) is 2.88. The fourth-order valence-electron chi connectivity index (χ4n) is 1.71. The van der Waals surface area contributed by atoms with E-state index in [1.54, 1.807) is 24.4 Å². The number of nitrogens with one attached hydrogen (secondary N) is 1. The highest BCUT2D eigenvalue weighted by Gasteiger charge is 2.11. The molecule has 0 saturated heterocycles. The number of nitriles is 1. The molecule has 1 N–H and O–H groups in total. The van der Waals surface area contributed by atoms with Crippen LogP contribution in [0.15, 0.2) is 42.6 Å². The molecule has 1 heterocycles. The summed E-state index contributed by atoms with van der Waals surface area (Å²) in [7, 11) is 1.89. The van der Waals surface area contributed by atoms with Gasteiger partial charge in [-0.25, -0.2) is 4.98 Å². The van der Waals surface area contributed by atoms with E-state index in [2.05, 4.69) is 16.4 Å². The Morgan fingerprint density at radius 2 is 2.16 bits per heavy atom. The molecule has 0 aliphatic carbocycles. The van der Waals surface area contributed by atoms with Crippen molar-refractivity contribution in [3.05, 3.63) is 53.7 Å². The Kier molecular flexibility index (Phi) is 4.11. The minimum Gasteiger partial charge on any atom is -0.439 e. The quantitative estimate of drug-likeness (QED) is 0.909. The van der Waals surface area contributed by atoms with Gasteiger partial charge in [-0.05, 0) is 38.2 Å². The van der Waals surface area contributed by atoms with Gasteiger partial charge in [0, 0.05) is 17.8 Å². The second kappa shape index (κ2) is 5.98. The molecule has 0 radical (unpaired) electrons. The lowest BCUT2D eigenvalue weighted by Crippen LogP contribution is -2.13. The SMILES string of the molecule is CNC(C)c1cccnc1Oc1cccc(C#N)c1. The van der Waals surface area contributed by atoms with Crippen LogP contribution in [0.4, 0.5) is 0 Å². The van der Waals surface area contributed by atoms with Crippen LogP contribution >= 0.6 is 0 Å². The molecule has 4 nitrogen and oxygen atoms in total. The maximum absolute atomic E-state index is 8.88. The minimum atomic E-state index is 0.142. The van der Waals surface area contributed by atoms with Gasteiger partial charge in [-0.15, -0.1) is 0 Å². The van der Waals surface area contributed by atoms with Crippen LogP contribution in [0.3, 0.4) is 0 Å². The summed E-state index contributed by atoms with van der Waals surface area (Å²) in [6, 6.07) is 13.1. The number of hydrogen-bond donors (Lipinski definition) is 1. The highest BCUT2D eigenvalue weighted by molar-refractivity contribution is 5.39. The second-order valence-corrected chi connectivity index (χ2v) is 4.15. The molecular weight excluding hydrogens is 238 g/mol. The third kappa shape index (κ3) is 3.09. The molecule has 2 aromatic rings. The van der Waals surface area contributed by atoms with Crippen LogP contribution in [0.1, 0.15) is 24.1 Å². The molecule has 0 saturated carbocycles. The van der Waals surface area contributed by atoms with Crippen molar-refractivity contribution in [2.45, 2.75) is 13.0 Å². The summed E-state index contributed by atoms with van der Waals surface area (Å²) in [5, 5.41) is 12.0. The van der Waals surface area contributed by atoms with E-state index in [4.69, 9.17) is 10.00 Å². The van der Waals surface area contributed by atoms with Gasteiger partial charge >= 0.3 is 0 Å². The number of nitrogens with zero attached hydrogens (tertiary/aromatic N) is 2. The molecule has 0 aliphatic heterocycles. The van der Waals surface area contributed by atoms with E-state index in [0.29, 0.717) is 17.2 Å². The maximum Gasteiger partial charge on any atom is 0.223 e. The van der Waals surface area contributed by atoms with E-state index in [1.807, 2.05) is 32.2 Å². The number of ether oxygens (including phenoxy) is 1. The van der Waals surface area contributed by atoms with Crippen LogP contribution in [-0.2, 0) is 0 Å². The molecule has 1 aromatic heterocycles. The van der Waals surface area contributed by atoms with Gasteiger partial charge in [0.15, 0.2) is 0 Å². The molecule has 0 fully saturated rings. The maximum atomic E-state index is 8.88. The van der Waals surface area contributed by atoms with Gasteiger partial charge in [0.25, 0.3) is 0 Å². The minimum absolute atomic E-state index is 0.142. The molecule has 2 rings (SSSR count). The monoisotopic (exact) mass is 253 g/mol. The van der Waals surface area contributed by atoms with Gasteiger partial charge in [0.1, 0.15) is 5.75 Å². The second-order valence-electron chi connectivity index (χ2n) is 4.15. The highest BCUT2D eigenvalue weighted by Crippen LogP contribution is 2.27. The lowest BCUT2D eigenvalue weighted by atomic mass is 10.1. The van der Waals surface area contributed by atoms with Crippen LogP contribution in [0.25, 0.3) is 0 Å². The molecular formula is C15H15N3O. The van der Waals surface area contributed by atoms with Crippen molar-refractivity contribution in [3.63, 3.8) is 0 Å². The van der Waals surface area contributed by atoms with Crippen LogP contribution in [0.2, 0.25) is 0 Å². The van der Waals surface area contributed by atoms with Gasteiger partial charge in [-0.1, -0.05) is 12.1 Å². The average molecular weight is 253 g/mol. The molecule has 19 heavy (non-hydrogen) atoms. The number of rotatable bonds is 4. The average Bonchev–Trinajstić information content (AvgIpc) is 2.47. The van der Waals surface area contributed by atoms with Gasteiger partial charge < -0.3 is 10.1 Å². The topological polar surface area (TPSA) is 57.9 Å². The van der Waals surface area contributed by atoms with E-state index in [0.717, 1.165) is 5.56 Å². The molecule has 0 spiro atoms. The normalized spacial score (nSPS) is 11.6. The van der Waals surface area contributed by atoms with Crippen molar-refractivity contribution < 1.29 is 4.74 Å². The van der Waals surface area contributed by atoms with Crippen LogP contribution < -0.4 is 10.1 Å². The molecule has 4 heteroatoms. The van der Waals surface area contributed by atoms with E-state index in [9.17, 15) is 0 Å². The fraction of sp³-hybridized carbons (Fsp3) is 0.200. The first-order valence-electron chi connectivity index (χ1n) is 6.05. The van der Waals surface area contributed by atoms with Crippen molar-refractivity contribution in [1.82, 2.24) is 10.3 Å². The first-order chi connectivity index (χ1) is 9.24. The van der Waals surface area contributed by atoms with Gasteiger partial charge in [0.2, 0.25) is 5.88 Å². The zero-order valence-corrected chi connectivity index (χ0v) is 10.9. The standard InChI is InChI=1S/C15H15N3O/c1-11(17-2)14-7-4-8-18-15(14)19-13-6-3-5-12(9-13)10-16/h3-9,11,17H,1-2H3. The Morgan fingerprint density at radius 3 is 2.89 bits per heavy atom. The smallest absolute Gasteiger partial charge is 0.223 e. The Hall–Kier alpha value is -2.38. The zero-order chi connectivity index (χ0) is 13.7. The molecule has 1 aromatic carbocycles. The van der Waals surface area contributed by atoms with Gasteiger partial charge in [-0.2, -0.15) is 5.26 Å². The van der Waals surface area contributed by atoms with Crippen molar-refractivity contribution in [2.75, 3.05) is 7.05 Å². The fourth-order valence-corrected chi connectivity index (χ4v) is 1.71. The first-order valence-corrected chi connectivity index (χ1v) is 6.05. The van der Waals surface area contributed by atoms with Crippen molar-refractivity contribution in [1.29, 1.82) is 5.26 Å². The van der Waals surface area contributed by atoms with E-state index >= 15 is 0 Å². The molecule has 0 bridgehead atoms. The van der Waals surface area contributed by atoms with Gasteiger partial charge in [-0.3, -0.25) is 0 Å². The van der Waals surface area contributed by atoms with Crippen LogP contribution in [0, 0.1) is 11.3 Å². The van der Waals surface area contributed by atoms with E-state index in [1.165, 1.54) is 0 Å². The summed E-state index contributed by atoms with van der Waals surface area (Å²) in [6.07, 6.45) is 1.69. The molecule has 1 unspecified atom stereocenters. The van der Waals surface area contributed by atoms with Crippen molar-refractivity contribution in [2.24, 2.45) is 0 Å². The van der Waals surface area contributed by atoms with Gasteiger partial charge in [0.05, 0.1) is 11.6 Å². The number of benzene rings is 1. The number of aromatic nitrogens is 1. The highest BCUT2D eigenvalue weighted by atomic mass is 16.5. The predicted octanol–water partition coefficient (Wildman–Crippen LogP) is 3.03. The Morgan fingerprint density at radius 1 is 1.32 bits per heavy atom. The zero-order valence-electron chi connectivity index (χ0n) is 10.9. The number of pyridine rings is 1. The molecule has 1 atom stereocenters. The van der Waals surface area contributed by atoms with E-state index in [-0.39, 0.29) is 6.04 Å². The third-order valence-electron chi connectivity index (χ3n) is 2.88.